The molecule has 106 valence electrons. The summed E-state index contributed by atoms with van der Waals surface area (Å²) in [6.07, 6.45) is 0. The normalized spacial score (nSPS) is 17.4. The molecule has 1 fully saturated rings. The van der Waals surface area contributed by atoms with Crippen molar-refractivity contribution < 1.29 is 4.79 Å². The van der Waals surface area contributed by atoms with Crippen molar-refractivity contribution >= 4 is 5.91 Å². The van der Waals surface area contributed by atoms with Crippen LogP contribution in [-0.4, -0.2) is 23.9 Å². The molecule has 2 aliphatic heterocycles. The smallest absolute Gasteiger partial charge is 0.228 e. The molecule has 1 N–H and O–H groups in total. The molecular weight excluding hydrogens is 260 g/mol. The van der Waals surface area contributed by atoms with Crippen molar-refractivity contribution in [2.24, 2.45) is 5.92 Å². The number of hydrogen-bond donors (Lipinski definition) is 1. The summed E-state index contributed by atoms with van der Waals surface area (Å²) in [5.41, 5.74) is 5.00. The average molecular weight is 278 g/mol. The highest BCUT2D eigenvalue weighted by Gasteiger charge is 2.31. The second kappa shape index (κ2) is 5.01. The van der Waals surface area contributed by atoms with Crippen molar-refractivity contribution in [2.75, 3.05) is 13.1 Å². The lowest BCUT2D eigenvalue weighted by Crippen LogP contribution is -2.51. The number of benzene rings is 2. The van der Waals surface area contributed by atoms with Crippen molar-refractivity contribution in [3.05, 3.63) is 59.7 Å². The van der Waals surface area contributed by atoms with Crippen molar-refractivity contribution in [3.63, 3.8) is 0 Å². The molecule has 3 nitrogen and oxygen atoms in total. The second-order valence-corrected chi connectivity index (χ2v) is 5.86. The lowest BCUT2D eigenvalue weighted by molar-refractivity contribution is -0.138. The SMILES string of the molecule is O=C(C1CNC1)N1Cc2ccccc2-c2ccccc2C1. The summed E-state index contributed by atoms with van der Waals surface area (Å²) in [6, 6.07) is 16.8. The predicted octanol–water partition coefficient (Wildman–Crippen LogP) is 2.42. The molecule has 2 aliphatic rings. The molecule has 0 radical (unpaired) electrons. The number of amides is 1. The Morgan fingerprint density at radius 1 is 0.905 bits per heavy atom. The van der Waals surface area contributed by atoms with Crippen LogP contribution in [0.1, 0.15) is 11.1 Å². The van der Waals surface area contributed by atoms with Gasteiger partial charge in [0.15, 0.2) is 0 Å². The largest absolute Gasteiger partial charge is 0.334 e. The van der Waals surface area contributed by atoms with Gasteiger partial charge in [0.05, 0.1) is 5.92 Å². The monoisotopic (exact) mass is 278 g/mol. The number of nitrogens with one attached hydrogen (secondary N) is 1. The zero-order valence-corrected chi connectivity index (χ0v) is 11.9. The number of rotatable bonds is 1. The highest BCUT2D eigenvalue weighted by Crippen LogP contribution is 2.33. The minimum Gasteiger partial charge on any atom is -0.334 e. The van der Waals surface area contributed by atoms with E-state index in [1.165, 1.54) is 22.3 Å². The van der Waals surface area contributed by atoms with Gasteiger partial charge in [-0.15, -0.1) is 0 Å². The fourth-order valence-electron chi connectivity index (χ4n) is 3.19. The first-order valence-corrected chi connectivity index (χ1v) is 7.48. The maximum atomic E-state index is 12.6. The van der Waals surface area contributed by atoms with Crippen LogP contribution in [-0.2, 0) is 17.9 Å². The summed E-state index contributed by atoms with van der Waals surface area (Å²) in [5.74, 6) is 0.433. The Kier molecular flexibility index (Phi) is 3.00. The van der Waals surface area contributed by atoms with Crippen molar-refractivity contribution in [1.29, 1.82) is 0 Å². The van der Waals surface area contributed by atoms with Gasteiger partial charge in [0.1, 0.15) is 0 Å². The van der Waals surface area contributed by atoms with E-state index in [-0.39, 0.29) is 11.8 Å². The first kappa shape index (κ1) is 12.6. The van der Waals surface area contributed by atoms with Gasteiger partial charge in [-0.1, -0.05) is 48.5 Å². The fourth-order valence-corrected chi connectivity index (χ4v) is 3.19. The third kappa shape index (κ3) is 2.14. The Labute approximate surface area is 124 Å². The van der Waals surface area contributed by atoms with Gasteiger partial charge in [-0.25, -0.2) is 0 Å². The van der Waals surface area contributed by atoms with Gasteiger partial charge in [-0.3, -0.25) is 4.79 Å². The van der Waals surface area contributed by atoms with Gasteiger partial charge in [0.25, 0.3) is 0 Å². The lowest BCUT2D eigenvalue weighted by Gasteiger charge is -2.32. The molecule has 1 saturated heterocycles. The van der Waals surface area contributed by atoms with E-state index < -0.39 is 0 Å². The molecule has 21 heavy (non-hydrogen) atoms. The van der Waals surface area contributed by atoms with Crippen LogP contribution >= 0.6 is 0 Å². The molecule has 2 aromatic rings. The molecule has 0 saturated carbocycles. The fraction of sp³-hybridized carbons (Fsp3) is 0.278. The minimum atomic E-state index is 0.155. The van der Waals surface area contributed by atoms with Crippen molar-refractivity contribution in [3.8, 4) is 11.1 Å². The van der Waals surface area contributed by atoms with Gasteiger partial charge >= 0.3 is 0 Å². The summed E-state index contributed by atoms with van der Waals surface area (Å²) in [4.78, 5) is 14.6. The summed E-state index contributed by atoms with van der Waals surface area (Å²) >= 11 is 0. The molecule has 4 rings (SSSR count). The standard InChI is InChI=1S/C18H18N2O/c21-18(15-9-19-10-15)20-11-13-5-1-3-7-16(13)17-8-4-2-6-14(17)12-20/h1-8,15,19H,9-12H2. The molecule has 0 atom stereocenters. The third-order valence-electron chi connectivity index (χ3n) is 4.49. The molecule has 1 amide bonds. The molecule has 0 bridgehead atoms. The van der Waals surface area contributed by atoms with Crippen LogP contribution in [0.4, 0.5) is 0 Å². The Bertz CT molecular complexity index is 644. The number of carbonyl (C=O) groups is 1. The zero-order chi connectivity index (χ0) is 14.2. The van der Waals surface area contributed by atoms with E-state index in [4.69, 9.17) is 0 Å². The molecule has 0 unspecified atom stereocenters. The van der Waals surface area contributed by atoms with Crippen LogP contribution in [0.25, 0.3) is 11.1 Å². The summed E-state index contributed by atoms with van der Waals surface area (Å²) < 4.78 is 0. The molecule has 2 heterocycles. The van der Waals surface area contributed by atoms with E-state index >= 15 is 0 Å². The number of nitrogens with zero attached hydrogens (tertiary/aromatic N) is 1. The van der Waals surface area contributed by atoms with Gasteiger partial charge in [-0.2, -0.15) is 0 Å². The summed E-state index contributed by atoms with van der Waals surface area (Å²) in [6.45, 7) is 3.05. The third-order valence-corrected chi connectivity index (χ3v) is 4.49. The number of hydrogen-bond acceptors (Lipinski definition) is 2. The predicted molar refractivity (Wildman–Crippen MR) is 82.5 cm³/mol. The van der Waals surface area contributed by atoms with Crippen LogP contribution in [0.2, 0.25) is 0 Å². The Morgan fingerprint density at radius 2 is 1.43 bits per heavy atom. The highest BCUT2D eigenvalue weighted by molar-refractivity contribution is 5.82. The Balaban J connectivity index is 1.78. The average Bonchev–Trinajstić information content (AvgIpc) is 2.62. The molecule has 0 spiro atoms. The van der Waals surface area contributed by atoms with E-state index in [0.717, 1.165) is 13.1 Å². The topological polar surface area (TPSA) is 32.3 Å². The van der Waals surface area contributed by atoms with Gasteiger partial charge in [0.2, 0.25) is 5.91 Å². The van der Waals surface area contributed by atoms with Crippen LogP contribution < -0.4 is 5.32 Å². The minimum absolute atomic E-state index is 0.155. The maximum Gasteiger partial charge on any atom is 0.228 e. The molecule has 0 aliphatic carbocycles. The van der Waals surface area contributed by atoms with Gasteiger partial charge in [-0.05, 0) is 22.3 Å². The van der Waals surface area contributed by atoms with Gasteiger partial charge < -0.3 is 10.2 Å². The van der Waals surface area contributed by atoms with Crippen LogP contribution in [0, 0.1) is 5.92 Å². The molecule has 0 aromatic heterocycles. The van der Waals surface area contributed by atoms with Crippen LogP contribution in [0.5, 0.6) is 0 Å². The van der Waals surface area contributed by atoms with Crippen LogP contribution in [0.3, 0.4) is 0 Å². The maximum absolute atomic E-state index is 12.6. The van der Waals surface area contributed by atoms with E-state index in [9.17, 15) is 4.79 Å². The first-order valence-electron chi connectivity index (χ1n) is 7.48. The van der Waals surface area contributed by atoms with E-state index in [1.807, 2.05) is 4.90 Å². The van der Waals surface area contributed by atoms with Crippen molar-refractivity contribution in [1.82, 2.24) is 10.2 Å². The van der Waals surface area contributed by atoms with E-state index in [1.54, 1.807) is 0 Å². The highest BCUT2D eigenvalue weighted by atomic mass is 16.2. The quantitative estimate of drug-likeness (QED) is 0.869. The molecule has 3 heteroatoms. The van der Waals surface area contributed by atoms with Crippen molar-refractivity contribution in [2.45, 2.75) is 13.1 Å². The summed E-state index contributed by atoms with van der Waals surface area (Å²) in [7, 11) is 0. The molecular formula is C18H18N2O. The Hall–Kier alpha value is -2.13. The van der Waals surface area contributed by atoms with Crippen LogP contribution in [0.15, 0.2) is 48.5 Å². The zero-order valence-electron chi connectivity index (χ0n) is 11.9. The second-order valence-electron chi connectivity index (χ2n) is 5.86. The van der Waals surface area contributed by atoms with E-state index in [0.29, 0.717) is 13.1 Å². The Morgan fingerprint density at radius 3 is 1.90 bits per heavy atom. The summed E-state index contributed by atoms with van der Waals surface area (Å²) in [5, 5.41) is 3.19. The number of fused-ring (bicyclic) bond motifs is 3. The number of carbonyl (C=O) groups excluding carboxylic acids is 1. The van der Waals surface area contributed by atoms with E-state index in [2.05, 4.69) is 53.8 Å². The van der Waals surface area contributed by atoms with Gasteiger partial charge in [0, 0.05) is 26.2 Å². The lowest BCUT2D eigenvalue weighted by atomic mass is 9.97. The first-order chi connectivity index (χ1) is 10.3. The molecule has 2 aromatic carbocycles.